The van der Waals surface area contributed by atoms with Crippen LogP contribution >= 0.6 is 31.9 Å². The third-order valence-corrected chi connectivity index (χ3v) is 7.00. The van der Waals surface area contributed by atoms with Gasteiger partial charge in [0.15, 0.2) is 18.1 Å². The van der Waals surface area contributed by atoms with Gasteiger partial charge >= 0.3 is 0 Å². The molecule has 33 heavy (non-hydrogen) atoms. The summed E-state index contributed by atoms with van der Waals surface area (Å²) < 4.78 is 12.0. The summed E-state index contributed by atoms with van der Waals surface area (Å²) in [4.78, 5) is 12.1. The molecule has 0 atom stereocenters. The molecule has 2 aromatic rings. The maximum absolute atomic E-state index is 12.1. The molecule has 0 aliphatic heterocycles. The lowest BCUT2D eigenvalue weighted by molar-refractivity contribution is -0.123. The molecule has 0 radical (unpaired) electrons. The quantitative estimate of drug-likeness (QED) is 0.259. The second kappa shape index (κ2) is 11.4. The highest BCUT2D eigenvalue weighted by Crippen LogP contribution is 2.41. The van der Waals surface area contributed by atoms with Crippen LogP contribution in [0.5, 0.6) is 17.2 Å². The van der Waals surface area contributed by atoms with Crippen LogP contribution in [0.4, 0.5) is 0 Å². The van der Waals surface area contributed by atoms with Gasteiger partial charge in [0.1, 0.15) is 5.75 Å². The summed E-state index contributed by atoms with van der Waals surface area (Å²) in [5.41, 5.74) is 4.57. The van der Waals surface area contributed by atoms with Gasteiger partial charge < -0.3 is 14.6 Å². The van der Waals surface area contributed by atoms with E-state index in [0.717, 1.165) is 6.42 Å². The van der Waals surface area contributed by atoms with Crippen LogP contribution in [-0.2, 0) is 10.2 Å². The SMILES string of the molecule is CCOc1cc(C=NNC(=O)COc2ccc(C(C)(C)CC(C)(C)C)cc2)c(Br)c(Br)c1O. The smallest absolute Gasteiger partial charge is 0.277 e. The van der Waals surface area contributed by atoms with Crippen LogP contribution in [0.3, 0.4) is 0 Å². The van der Waals surface area contributed by atoms with Crippen LogP contribution in [0.25, 0.3) is 0 Å². The van der Waals surface area contributed by atoms with Gasteiger partial charge in [0.2, 0.25) is 0 Å². The predicted octanol–water partition coefficient (Wildman–Crippen LogP) is 6.56. The van der Waals surface area contributed by atoms with Gasteiger partial charge in [-0.1, -0.05) is 46.8 Å². The van der Waals surface area contributed by atoms with Crippen LogP contribution in [0.2, 0.25) is 0 Å². The highest BCUT2D eigenvalue weighted by atomic mass is 79.9. The van der Waals surface area contributed by atoms with Crippen molar-refractivity contribution in [2.75, 3.05) is 13.2 Å². The van der Waals surface area contributed by atoms with Crippen molar-refractivity contribution in [3.05, 3.63) is 50.4 Å². The third-order valence-electron chi connectivity index (χ3n) is 4.84. The number of ether oxygens (including phenoxy) is 2. The highest BCUT2D eigenvalue weighted by Gasteiger charge is 2.27. The number of nitrogens with one attached hydrogen (secondary N) is 1. The van der Waals surface area contributed by atoms with Gasteiger partial charge in [-0.15, -0.1) is 0 Å². The summed E-state index contributed by atoms with van der Waals surface area (Å²) >= 11 is 6.70. The van der Waals surface area contributed by atoms with E-state index < -0.39 is 0 Å². The lowest BCUT2D eigenvalue weighted by Gasteiger charge is -2.33. The summed E-state index contributed by atoms with van der Waals surface area (Å²) in [6.45, 7) is 13.3. The molecular weight excluding hydrogens is 552 g/mol. The van der Waals surface area contributed by atoms with Gasteiger partial charge in [-0.05, 0) is 79.8 Å². The molecule has 0 saturated heterocycles. The molecule has 2 N–H and O–H groups in total. The van der Waals surface area contributed by atoms with E-state index in [2.05, 4.69) is 77.0 Å². The van der Waals surface area contributed by atoms with Crippen LogP contribution < -0.4 is 14.9 Å². The van der Waals surface area contributed by atoms with Crippen molar-refractivity contribution in [3.63, 3.8) is 0 Å². The number of amides is 1. The van der Waals surface area contributed by atoms with Crippen LogP contribution in [0.15, 0.2) is 44.4 Å². The fourth-order valence-corrected chi connectivity index (χ4v) is 4.59. The molecule has 6 nitrogen and oxygen atoms in total. The normalized spacial score (nSPS) is 12.1. The van der Waals surface area contributed by atoms with Gasteiger partial charge in [-0.3, -0.25) is 4.79 Å². The fourth-order valence-electron chi connectivity index (χ4n) is 3.76. The number of hydrazone groups is 1. The number of phenolic OH excluding ortho intramolecular Hbond substituents is 1. The molecular formula is C25H32Br2N2O4. The number of hydrogen-bond donors (Lipinski definition) is 2. The molecule has 2 rings (SSSR count). The number of carbonyl (C=O) groups is 1. The lowest BCUT2D eigenvalue weighted by Crippen LogP contribution is -2.25. The Hall–Kier alpha value is -2.06. The Balaban J connectivity index is 1.94. The number of aromatic hydroxyl groups is 1. The largest absolute Gasteiger partial charge is 0.503 e. The van der Waals surface area contributed by atoms with E-state index >= 15 is 0 Å². The van der Waals surface area contributed by atoms with E-state index in [0.29, 0.717) is 32.6 Å². The molecule has 0 aliphatic carbocycles. The Morgan fingerprint density at radius 2 is 1.73 bits per heavy atom. The molecule has 2 aromatic carbocycles. The minimum Gasteiger partial charge on any atom is -0.503 e. The van der Waals surface area contributed by atoms with Gasteiger partial charge in [0, 0.05) is 10.0 Å². The first-order valence-corrected chi connectivity index (χ1v) is 12.3. The van der Waals surface area contributed by atoms with Crippen molar-refractivity contribution in [1.82, 2.24) is 5.43 Å². The molecule has 0 aliphatic rings. The maximum Gasteiger partial charge on any atom is 0.277 e. The van der Waals surface area contributed by atoms with Crippen molar-refractivity contribution < 1.29 is 19.4 Å². The molecule has 0 saturated carbocycles. The summed E-state index contributed by atoms with van der Waals surface area (Å²) in [6.07, 6.45) is 2.52. The Morgan fingerprint density at radius 1 is 1.09 bits per heavy atom. The Kier molecular flexibility index (Phi) is 9.38. The average Bonchev–Trinajstić information content (AvgIpc) is 2.72. The fraction of sp³-hybridized carbons (Fsp3) is 0.440. The summed E-state index contributed by atoms with van der Waals surface area (Å²) in [5, 5.41) is 14.1. The predicted molar refractivity (Wildman–Crippen MR) is 139 cm³/mol. The molecule has 0 unspecified atom stereocenters. The first-order chi connectivity index (χ1) is 15.3. The van der Waals surface area contributed by atoms with E-state index in [1.807, 2.05) is 31.2 Å². The van der Waals surface area contributed by atoms with E-state index in [-0.39, 0.29) is 29.1 Å². The van der Waals surface area contributed by atoms with E-state index in [9.17, 15) is 9.90 Å². The van der Waals surface area contributed by atoms with Gasteiger partial charge in [-0.2, -0.15) is 5.10 Å². The molecule has 0 heterocycles. The van der Waals surface area contributed by atoms with Gasteiger partial charge in [-0.25, -0.2) is 5.43 Å². The van der Waals surface area contributed by atoms with E-state index in [1.54, 1.807) is 6.07 Å². The van der Waals surface area contributed by atoms with Crippen LogP contribution in [0, 0.1) is 5.41 Å². The monoisotopic (exact) mass is 582 g/mol. The highest BCUT2D eigenvalue weighted by molar-refractivity contribution is 9.13. The average molecular weight is 584 g/mol. The Bertz CT molecular complexity index is 997. The molecule has 0 aromatic heterocycles. The third kappa shape index (κ3) is 8.03. The second-order valence-electron chi connectivity index (χ2n) is 9.60. The number of hydrogen-bond acceptors (Lipinski definition) is 5. The number of rotatable bonds is 9. The number of phenols is 1. The van der Waals surface area contributed by atoms with Gasteiger partial charge in [0.25, 0.3) is 5.91 Å². The van der Waals surface area contributed by atoms with E-state index in [1.165, 1.54) is 11.8 Å². The summed E-state index contributed by atoms with van der Waals surface area (Å²) in [6, 6.07) is 9.50. The zero-order valence-electron chi connectivity index (χ0n) is 20.0. The first kappa shape index (κ1) is 27.2. The minimum atomic E-state index is -0.387. The second-order valence-corrected chi connectivity index (χ2v) is 11.2. The number of benzene rings is 2. The van der Waals surface area contributed by atoms with Crippen molar-refractivity contribution in [2.24, 2.45) is 10.5 Å². The molecule has 0 bridgehead atoms. The number of halogens is 2. The first-order valence-electron chi connectivity index (χ1n) is 10.7. The Morgan fingerprint density at radius 3 is 2.30 bits per heavy atom. The molecule has 8 heteroatoms. The summed E-state index contributed by atoms with van der Waals surface area (Å²) in [5.74, 6) is 0.544. The number of nitrogens with zero attached hydrogens (tertiary/aromatic N) is 1. The lowest BCUT2D eigenvalue weighted by atomic mass is 9.72. The number of carbonyl (C=O) groups excluding carboxylic acids is 1. The van der Waals surface area contributed by atoms with Crippen LogP contribution in [0.1, 0.15) is 59.1 Å². The summed E-state index contributed by atoms with van der Waals surface area (Å²) in [7, 11) is 0. The van der Waals surface area contributed by atoms with Crippen molar-refractivity contribution in [3.8, 4) is 17.2 Å². The standard InChI is InChI=1S/C25H32Br2N2O4/c1-7-32-19-12-16(21(26)22(27)23(19)31)13-28-29-20(30)14-33-18-10-8-17(9-11-18)25(5,6)15-24(2,3)4/h8-13,31H,7,14-15H2,1-6H3,(H,29,30). The van der Waals surface area contributed by atoms with Crippen LogP contribution in [-0.4, -0.2) is 30.4 Å². The Labute approximate surface area is 213 Å². The maximum atomic E-state index is 12.1. The van der Waals surface area contributed by atoms with Crippen molar-refractivity contribution in [2.45, 2.75) is 53.4 Å². The molecule has 0 spiro atoms. The van der Waals surface area contributed by atoms with Crippen molar-refractivity contribution in [1.29, 1.82) is 0 Å². The van der Waals surface area contributed by atoms with E-state index in [4.69, 9.17) is 9.47 Å². The molecule has 180 valence electrons. The molecule has 1 amide bonds. The minimum absolute atomic E-state index is 0.00822. The zero-order valence-corrected chi connectivity index (χ0v) is 23.1. The molecule has 0 fully saturated rings. The van der Waals surface area contributed by atoms with Crippen molar-refractivity contribution >= 4 is 44.0 Å². The van der Waals surface area contributed by atoms with Gasteiger partial charge in [0.05, 0.1) is 17.3 Å². The topological polar surface area (TPSA) is 80.2 Å². The zero-order chi connectivity index (χ0) is 24.8.